The van der Waals surface area contributed by atoms with Gasteiger partial charge in [-0.05, 0) is 31.5 Å². The Kier molecular flexibility index (Phi) is 4.80. The van der Waals surface area contributed by atoms with Crippen LogP contribution in [0.1, 0.15) is 31.0 Å². The number of nitrogens with one attached hydrogen (secondary N) is 1. The molecule has 1 atom stereocenters. The molecule has 1 aromatic heterocycles. The van der Waals surface area contributed by atoms with Crippen molar-refractivity contribution in [3.05, 3.63) is 47.8 Å². The van der Waals surface area contributed by atoms with Gasteiger partial charge in [0, 0.05) is 37.1 Å². The van der Waals surface area contributed by atoms with Crippen molar-refractivity contribution in [2.75, 3.05) is 6.26 Å². The lowest BCUT2D eigenvalue weighted by Gasteiger charge is -2.12. The van der Waals surface area contributed by atoms with Gasteiger partial charge in [0.15, 0.2) is 9.84 Å². The van der Waals surface area contributed by atoms with Crippen LogP contribution in [0.25, 0.3) is 0 Å². The van der Waals surface area contributed by atoms with Crippen molar-refractivity contribution in [1.29, 1.82) is 0 Å². The van der Waals surface area contributed by atoms with Gasteiger partial charge in [0.1, 0.15) is 0 Å². The Hall–Kier alpha value is -1.66. The number of sulfone groups is 1. The van der Waals surface area contributed by atoms with Gasteiger partial charge in [0.05, 0.1) is 11.1 Å². The maximum absolute atomic E-state index is 11.4. The van der Waals surface area contributed by atoms with E-state index < -0.39 is 9.84 Å². The molecule has 0 aliphatic carbocycles. The number of nitrogens with zero attached hydrogens (tertiary/aromatic N) is 2. The van der Waals surface area contributed by atoms with Crippen LogP contribution in [0.5, 0.6) is 0 Å². The Balaban J connectivity index is 1.96. The molecule has 5 nitrogen and oxygen atoms in total. The minimum Gasteiger partial charge on any atom is -0.306 e. The molecule has 114 valence electrons. The predicted molar refractivity (Wildman–Crippen MR) is 82.7 cm³/mol. The first-order valence-electron chi connectivity index (χ1n) is 6.95. The normalized spacial score (nSPS) is 13.3. The zero-order valence-corrected chi connectivity index (χ0v) is 13.4. The molecule has 0 radical (unpaired) electrons. The molecule has 0 fully saturated rings. The summed E-state index contributed by atoms with van der Waals surface area (Å²) in [5, 5.41) is 7.67. The van der Waals surface area contributed by atoms with Crippen LogP contribution in [0.15, 0.2) is 41.6 Å². The fourth-order valence-corrected chi connectivity index (χ4v) is 2.65. The van der Waals surface area contributed by atoms with E-state index in [9.17, 15) is 8.42 Å². The maximum Gasteiger partial charge on any atom is 0.175 e. The first-order chi connectivity index (χ1) is 9.90. The van der Waals surface area contributed by atoms with Gasteiger partial charge in [-0.3, -0.25) is 4.68 Å². The Labute approximate surface area is 125 Å². The van der Waals surface area contributed by atoms with E-state index in [0.717, 1.165) is 17.7 Å². The van der Waals surface area contributed by atoms with Crippen LogP contribution in [0.3, 0.4) is 0 Å². The molecule has 6 heteroatoms. The van der Waals surface area contributed by atoms with Crippen molar-refractivity contribution in [1.82, 2.24) is 15.1 Å². The zero-order chi connectivity index (χ0) is 15.5. The number of aryl methyl sites for hydroxylation is 1. The summed E-state index contributed by atoms with van der Waals surface area (Å²) in [7, 11) is -3.13. The standard InChI is InChI=1S/C15H21N3O2S/c1-4-18-11-14(10-17-18)12(2)16-9-13-5-7-15(8-6-13)21(3,19)20/h5-8,10-12,16H,4,9H2,1-3H3. The average molecular weight is 307 g/mol. The fourth-order valence-electron chi connectivity index (χ4n) is 2.02. The number of rotatable bonds is 6. The number of aromatic nitrogens is 2. The van der Waals surface area contributed by atoms with Crippen molar-refractivity contribution >= 4 is 9.84 Å². The van der Waals surface area contributed by atoms with E-state index in [2.05, 4.69) is 24.3 Å². The van der Waals surface area contributed by atoms with Crippen LogP contribution in [0, 0.1) is 0 Å². The van der Waals surface area contributed by atoms with Crippen LogP contribution >= 0.6 is 0 Å². The van der Waals surface area contributed by atoms with Gasteiger partial charge >= 0.3 is 0 Å². The van der Waals surface area contributed by atoms with E-state index in [1.54, 1.807) is 12.1 Å². The van der Waals surface area contributed by atoms with Gasteiger partial charge in [-0.2, -0.15) is 5.10 Å². The lowest BCUT2D eigenvalue weighted by molar-refractivity contribution is 0.572. The van der Waals surface area contributed by atoms with Crippen LogP contribution < -0.4 is 5.32 Å². The van der Waals surface area contributed by atoms with Gasteiger partial charge in [-0.25, -0.2) is 8.42 Å². The van der Waals surface area contributed by atoms with Gasteiger partial charge in [0.25, 0.3) is 0 Å². The zero-order valence-electron chi connectivity index (χ0n) is 12.6. The molecule has 1 N–H and O–H groups in total. The summed E-state index contributed by atoms with van der Waals surface area (Å²) >= 11 is 0. The van der Waals surface area contributed by atoms with E-state index in [0.29, 0.717) is 11.4 Å². The van der Waals surface area contributed by atoms with E-state index in [1.807, 2.05) is 29.2 Å². The third-order valence-corrected chi connectivity index (χ3v) is 4.57. The molecule has 21 heavy (non-hydrogen) atoms. The summed E-state index contributed by atoms with van der Waals surface area (Å²) in [4.78, 5) is 0.350. The molecule has 0 spiro atoms. The molecule has 2 aromatic rings. The van der Waals surface area contributed by atoms with E-state index >= 15 is 0 Å². The number of hydrogen-bond acceptors (Lipinski definition) is 4. The molecule has 2 rings (SSSR count). The van der Waals surface area contributed by atoms with Crippen molar-refractivity contribution in [2.24, 2.45) is 0 Å². The molecule has 0 saturated heterocycles. The second kappa shape index (κ2) is 6.41. The summed E-state index contributed by atoms with van der Waals surface area (Å²) in [5.74, 6) is 0. The number of hydrogen-bond donors (Lipinski definition) is 1. The fraction of sp³-hybridized carbons (Fsp3) is 0.400. The third kappa shape index (κ3) is 4.15. The average Bonchev–Trinajstić information content (AvgIpc) is 2.93. The van der Waals surface area contributed by atoms with Crippen molar-refractivity contribution < 1.29 is 8.42 Å². The highest BCUT2D eigenvalue weighted by molar-refractivity contribution is 7.90. The Morgan fingerprint density at radius 2 is 1.95 bits per heavy atom. The van der Waals surface area contributed by atoms with Gasteiger partial charge in [0.2, 0.25) is 0 Å². The Morgan fingerprint density at radius 1 is 1.29 bits per heavy atom. The second-order valence-electron chi connectivity index (χ2n) is 5.15. The highest BCUT2D eigenvalue weighted by atomic mass is 32.2. The Bertz CT molecular complexity index is 690. The third-order valence-electron chi connectivity index (χ3n) is 3.44. The quantitative estimate of drug-likeness (QED) is 0.888. The monoisotopic (exact) mass is 307 g/mol. The smallest absolute Gasteiger partial charge is 0.175 e. The minimum absolute atomic E-state index is 0.194. The minimum atomic E-state index is -3.13. The molecule has 0 bridgehead atoms. The summed E-state index contributed by atoms with van der Waals surface area (Å²) in [6.07, 6.45) is 5.12. The first-order valence-corrected chi connectivity index (χ1v) is 8.84. The molecule has 1 aromatic carbocycles. The summed E-state index contributed by atoms with van der Waals surface area (Å²) in [5.41, 5.74) is 2.20. The SMILES string of the molecule is CCn1cc(C(C)NCc2ccc(S(C)(=O)=O)cc2)cn1. The topological polar surface area (TPSA) is 64.0 Å². The predicted octanol–water partition coefficient (Wildman–Crippen LogP) is 2.16. The van der Waals surface area contributed by atoms with Crippen molar-refractivity contribution in [3.63, 3.8) is 0 Å². The van der Waals surface area contributed by atoms with Crippen LogP contribution in [0.2, 0.25) is 0 Å². The van der Waals surface area contributed by atoms with Crippen molar-refractivity contribution in [2.45, 2.75) is 37.9 Å². The first kappa shape index (κ1) is 15.7. The Morgan fingerprint density at radius 3 is 2.48 bits per heavy atom. The van der Waals surface area contributed by atoms with Crippen LogP contribution in [-0.2, 0) is 22.9 Å². The molecule has 0 aliphatic rings. The lowest BCUT2D eigenvalue weighted by Crippen LogP contribution is -2.17. The van der Waals surface area contributed by atoms with Crippen molar-refractivity contribution in [3.8, 4) is 0 Å². The summed E-state index contributed by atoms with van der Waals surface area (Å²) in [6.45, 7) is 5.68. The maximum atomic E-state index is 11.4. The second-order valence-corrected chi connectivity index (χ2v) is 7.16. The summed E-state index contributed by atoms with van der Waals surface area (Å²) < 4.78 is 24.7. The molecule has 1 unspecified atom stereocenters. The van der Waals surface area contributed by atoms with Crippen LogP contribution in [0.4, 0.5) is 0 Å². The molecule has 0 saturated carbocycles. The highest BCUT2D eigenvalue weighted by Gasteiger charge is 2.09. The van der Waals surface area contributed by atoms with E-state index in [-0.39, 0.29) is 6.04 Å². The number of benzene rings is 1. The van der Waals surface area contributed by atoms with E-state index in [1.165, 1.54) is 6.26 Å². The lowest BCUT2D eigenvalue weighted by atomic mass is 10.1. The molecular weight excluding hydrogens is 286 g/mol. The molecule has 0 aliphatic heterocycles. The van der Waals surface area contributed by atoms with Crippen LogP contribution in [-0.4, -0.2) is 24.5 Å². The molecule has 0 amide bonds. The van der Waals surface area contributed by atoms with Gasteiger partial charge < -0.3 is 5.32 Å². The van der Waals surface area contributed by atoms with Gasteiger partial charge in [-0.1, -0.05) is 12.1 Å². The molecular formula is C15H21N3O2S. The van der Waals surface area contributed by atoms with Gasteiger partial charge in [-0.15, -0.1) is 0 Å². The van der Waals surface area contributed by atoms with E-state index in [4.69, 9.17) is 0 Å². The highest BCUT2D eigenvalue weighted by Crippen LogP contribution is 2.14. The largest absolute Gasteiger partial charge is 0.306 e. The summed E-state index contributed by atoms with van der Waals surface area (Å²) in [6, 6.07) is 7.16. The molecule has 1 heterocycles.